The van der Waals surface area contributed by atoms with E-state index in [2.05, 4.69) is 11.4 Å². The van der Waals surface area contributed by atoms with Crippen molar-refractivity contribution in [2.75, 3.05) is 18.5 Å². The first-order valence-corrected chi connectivity index (χ1v) is 5.58. The summed E-state index contributed by atoms with van der Waals surface area (Å²) in [6.45, 7) is 3.28. The minimum atomic E-state index is -0.548. The standard InChI is InChI=1S/C13H16N2O/c1-11-3-5-12(6-4-11)15-13(9-14)7-2-8-16-10-13/h3-6,15H,2,7-8,10H2,1H3. The summed E-state index contributed by atoms with van der Waals surface area (Å²) < 4.78 is 5.39. The quantitative estimate of drug-likeness (QED) is 0.826. The van der Waals surface area contributed by atoms with Crippen LogP contribution in [-0.2, 0) is 4.74 Å². The van der Waals surface area contributed by atoms with Crippen LogP contribution in [0.2, 0.25) is 0 Å². The largest absolute Gasteiger partial charge is 0.378 e. The van der Waals surface area contributed by atoms with Crippen molar-refractivity contribution in [1.82, 2.24) is 0 Å². The monoisotopic (exact) mass is 216 g/mol. The van der Waals surface area contributed by atoms with E-state index in [4.69, 9.17) is 4.74 Å². The van der Waals surface area contributed by atoms with Crippen LogP contribution in [0.4, 0.5) is 5.69 Å². The van der Waals surface area contributed by atoms with Crippen LogP contribution in [0.3, 0.4) is 0 Å². The fourth-order valence-corrected chi connectivity index (χ4v) is 1.92. The van der Waals surface area contributed by atoms with E-state index in [1.54, 1.807) is 0 Å². The number of rotatable bonds is 2. The Labute approximate surface area is 96.0 Å². The van der Waals surface area contributed by atoms with Gasteiger partial charge in [-0.25, -0.2) is 0 Å². The van der Waals surface area contributed by atoms with Gasteiger partial charge in [0.2, 0.25) is 0 Å². The van der Waals surface area contributed by atoms with Crippen molar-refractivity contribution < 1.29 is 4.74 Å². The first-order valence-electron chi connectivity index (χ1n) is 5.58. The van der Waals surface area contributed by atoms with Gasteiger partial charge < -0.3 is 10.1 Å². The number of benzene rings is 1. The Morgan fingerprint density at radius 2 is 2.12 bits per heavy atom. The van der Waals surface area contributed by atoms with Crippen molar-refractivity contribution in [1.29, 1.82) is 5.26 Å². The molecule has 2 rings (SSSR count). The summed E-state index contributed by atoms with van der Waals surface area (Å²) in [6, 6.07) is 10.4. The number of aryl methyl sites for hydroxylation is 1. The SMILES string of the molecule is Cc1ccc(NC2(C#N)CCCOC2)cc1. The molecule has 0 aliphatic carbocycles. The van der Waals surface area contributed by atoms with Crippen LogP contribution >= 0.6 is 0 Å². The molecule has 1 aliphatic rings. The van der Waals surface area contributed by atoms with Gasteiger partial charge in [0.25, 0.3) is 0 Å². The average molecular weight is 216 g/mol. The maximum Gasteiger partial charge on any atom is 0.149 e. The summed E-state index contributed by atoms with van der Waals surface area (Å²) in [5, 5.41) is 12.6. The van der Waals surface area contributed by atoms with Gasteiger partial charge in [-0.2, -0.15) is 5.26 Å². The van der Waals surface area contributed by atoms with Crippen LogP contribution in [-0.4, -0.2) is 18.8 Å². The van der Waals surface area contributed by atoms with Crippen LogP contribution in [0.15, 0.2) is 24.3 Å². The van der Waals surface area contributed by atoms with Gasteiger partial charge in [0.1, 0.15) is 5.54 Å². The van der Waals surface area contributed by atoms with E-state index in [-0.39, 0.29) is 0 Å². The van der Waals surface area contributed by atoms with Crippen molar-refractivity contribution >= 4 is 5.69 Å². The first kappa shape index (κ1) is 11.0. The highest BCUT2D eigenvalue weighted by Gasteiger charge is 2.32. The Bertz CT molecular complexity index is 385. The smallest absolute Gasteiger partial charge is 0.149 e. The Hall–Kier alpha value is -1.53. The van der Waals surface area contributed by atoms with E-state index >= 15 is 0 Å². The predicted molar refractivity (Wildman–Crippen MR) is 63.2 cm³/mol. The molecule has 1 heterocycles. The summed E-state index contributed by atoms with van der Waals surface area (Å²) >= 11 is 0. The second-order valence-corrected chi connectivity index (χ2v) is 4.34. The zero-order chi connectivity index (χ0) is 11.4. The first-order chi connectivity index (χ1) is 7.74. The van der Waals surface area contributed by atoms with Crippen LogP contribution < -0.4 is 5.32 Å². The number of hydrogen-bond acceptors (Lipinski definition) is 3. The molecule has 0 amide bonds. The third kappa shape index (κ3) is 2.34. The fraction of sp³-hybridized carbons (Fsp3) is 0.462. The van der Waals surface area contributed by atoms with Crippen molar-refractivity contribution in [3.63, 3.8) is 0 Å². The van der Waals surface area contributed by atoms with Gasteiger partial charge in [0, 0.05) is 12.3 Å². The Morgan fingerprint density at radius 3 is 2.69 bits per heavy atom. The van der Waals surface area contributed by atoms with E-state index in [1.807, 2.05) is 31.2 Å². The third-order valence-corrected chi connectivity index (χ3v) is 2.89. The molecule has 0 saturated carbocycles. The molecule has 1 aromatic carbocycles. The lowest BCUT2D eigenvalue weighted by molar-refractivity contribution is 0.0667. The van der Waals surface area contributed by atoms with Crippen molar-refractivity contribution in [3.8, 4) is 6.07 Å². The lowest BCUT2D eigenvalue weighted by Crippen LogP contribution is -2.44. The Kier molecular flexibility index (Phi) is 3.12. The summed E-state index contributed by atoms with van der Waals surface area (Å²) in [6.07, 6.45) is 1.78. The molecule has 1 unspecified atom stereocenters. The maximum atomic E-state index is 9.26. The molecular formula is C13H16N2O. The minimum Gasteiger partial charge on any atom is -0.378 e. The molecule has 3 heteroatoms. The average Bonchev–Trinajstić information content (AvgIpc) is 2.33. The van der Waals surface area contributed by atoms with Gasteiger partial charge in [-0.3, -0.25) is 0 Å². The van der Waals surface area contributed by atoms with Gasteiger partial charge in [-0.15, -0.1) is 0 Å². The summed E-state index contributed by atoms with van der Waals surface area (Å²) in [5.74, 6) is 0. The van der Waals surface area contributed by atoms with Gasteiger partial charge >= 0.3 is 0 Å². The van der Waals surface area contributed by atoms with Crippen molar-refractivity contribution in [3.05, 3.63) is 29.8 Å². The number of hydrogen-bond donors (Lipinski definition) is 1. The molecule has 0 bridgehead atoms. The Morgan fingerprint density at radius 1 is 1.38 bits per heavy atom. The molecule has 0 spiro atoms. The zero-order valence-corrected chi connectivity index (χ0v) is 9.49. The fourth-order valence-electron chi connectivity index (χ4n) is 1.92. The molecule has 1 fully saturated rings. The van der Waals surface area contributed by atoms with E-state index < -0.39 is 5.54 Å². The lowest BCUT2D eigenvalue weighted by Gasteiger charge is -2.32. The molecule has 1 saturated heterocycles. The van der Waals surface area contributed by atoms with Crippen LogP contribution in [0.25, 0.3) is 0 Å². The molecule has 1 N–H and O–H groups in total. The number of nitrogens with one attached hydrogen (secondary N) is 1. The second-order valence-electron chi connectivity index (χ2n) is 4.34. The van der Waals surface area contributed by atoms with Crippen LogP contribution in [0, 0.1) is 18.3 Å². The van der Waals surface area contributed by atoms with Gasteiger partial charge in [-0.05, 0) is 31.9 Å². The minimum absolute atomic E-state index is 0.470. The molecule has 0 radical (unpaired) electrons. The van der Waals surface area contributed by atoms with Gasteiger partial charge in [0.05, 0.1) is 12.7 Å². The van der Waals surface area contributed by atoms with E-state index in [0.717, 1.165) is 25.1 Å². The zero-order valence-electron chi connectivity index (χ0n) is 9.49. The maximum absolute atomic E-state index is 9.26. The van der Waals surface area contributed by atoms with E-state index in [9.17, 15) is 5.26 Å². The molecule has 16 heavy (non-hydrogen) atoms. The van der Waals surface area contributed by atoms with Crippen molar-refractivity contribution in [2.24, 2.45) is 0 Å². The molecule has 1 aliphatic heterocycles. The summed E-state index contributed by atoms with van der Waals surface area (Å²) in [5.41, 5.74) is 1.65. The van der Waals surface area contributed by atoms with Crippen LogP contribution in [0.5, 0.6) is 0 Å². The molecule has 1 aromatic rings. The highest BCUT2D eigenvalue weighted by Crippen LogP contribution is 2.24. The normalized spacial score (nSPS) is 24.8. The molecule has 1 atom stereocenters. The second kappa shape index (κ2) is 4.54. The number of nitriles is 1. The number of ether oxygens (including phenoxy) is 1. The predicted octanol–water partition coefficient (Wildman–Crippen LogP) is 2.48. The topological polar surface area (TPSA) is 45.0 Å². The molecule has 3 nitrogen and oxygen atoms in total. The molecular weight excluding hydrogens is 200 g/mol. The lowest BCUT2D eigenvalue weighted by atomic mass is 9.94. The highest BCUT2D eigenvalue weighted by atomic mass is 16.5. The summed E-state index contributed by atoms with van der Waals surface area (Å²) in [7, 11) is 0. The Balaban J connectivity index is 2.12. The molecule has 84 valence electrons. The number of anilines is 1. The van der Waals surface area contributed by atoms with Gasteiger partial charge in [-0.1, -0.05) is 17.7 Å². The van der Waals surface area contributed by atoms with Crippen molar-refractivity contribution in [2.45, 2.75) is 25.3 Å². The number of nitrogens with zero attached hydrogens (tertiary/aromatic N) is 1. The van der Waals surface area contributed by atoms with E-state index in [0.29, 0.717) is 6.61 Å². The summed E-state index contributed by atoms with van der Waals surface area (Å²) in [4.78, 5) is 0. The highest BCUT2D eigenvalue weighted by molar-refractivity contribution is 5.49. The third-order valence-electron chi connectivity index (χ3n) is 2.89. The van der Waals surface area contributed by atoms with Crippen LogP contribution in [0.1, 0.15) is 18.4 Å². The molecule has 0 aromatic heterocycles. The van der Waals surface area contributed by atoms with Gasteiger partial charge in [0.15, 0.2) is 0 Å². The van der Waals surface area contributed by atoms with E-state index in [1.165, 1.54) is 5.56 Å².